The van der Waals surface area contributed by atoms with E-state index in [2.05, 4.69) is 6.07 Å². The van der Waals surface area contributed by atoms with Crippen molar-refractivity contribution < 1.29 is 4.79 Å². The Balaban J connectivity index is 2.73. The second kappa shape index (κ2) is 5.08. The molecule has 0 aromatic heterocycles. The van der Waals surface area contributed by atoms with Crippen LogP contribution in [-0.4, -0.2) is 31.3 Å². The molecule has 0 amide bonds. The van der Waals surface area contributed by atoms with Gasteiger partial charge in [-0.2, -0.15) is 0 Å². The van der Waals surface area contributed by atoms with E-state index in [4.69, 9.17) is 0 Å². The van der Waals surface area contributed by atoms with Crippen LogP contribution in [0.1, 0.15) is 27.9 Å². The number of rotatable bonds is 4. The van der Waals surface area contributed by atoms with Crippen molar-refractivity contribution in [2.24, 2.45) is 0 Å². The molecule has 15 heavy (non-hydrogen) atoms. The Labute approximate surface area is 91.9 Å². The molecule has 0 saturated carbocycles. The standard InChI is InChI=1S/C13H19NO/c1-10-7-11(2)9-12(8-10)13(15)5-6-14(3)4/h7-9H,5-6H2,1-4H3. The molecule has 0 fully saturated rings. The average Bonchev–Trinajstić information content (AvgIpc) is 2.12. The number of carbonyl (C=O) groups is 1. The quantitative estimate of drug-likeness (QED) is 0.704. The van der Waals surface area contributed by atoms with Gasteiger partial charge < -0.3 is 4.90 Å². The highest BCUT2D eigenvalue weighted by atomic mass is 16.1. The fourth-order valence-corrected chi connectivity index (χ4v) is 1.61. The highest BCUT2D eigenvalue weighted by Crippen LogP contribution is 2.10. The number of Topliss-reactive ketones (excluding diaryl/α,β-unsaturated/α-hetero) is 1. The third-order valence-electron chi connectivity index (χ3n) is 2.33. The van der Waals surface area contributed by atoms with Crippen LogP contribution in [0.25, 0.3) is 0 Å². The fraction of sp³-hybridized carbons (Fsp3) is 0.462. The summed E-state index contributed by atoms with van der Waals surface area (Å²) in [6.45, 7) is 4.86. The molecule has 1 rings (SSSR count). The number of carbonyl (C=O) groups excluding carboxylic acids is 1. The lowest BCUT2D eigenvalue weighted by Crippen LogP contribution is -2.16. The zero-order valence-corrected chi connectivity index (χ0v) is 10.0. The average molecular weight is 205 g/mol. The highest BCUT2D eigenvalue weighted by molar-refractivity contribution is 5.96. The number of hydrogen-bond acceptors (Lipinski definition) is 2. The van der Waals surface area contributed by atoms with Gasteiger partial charge in [-0.3, -0.25) is 4.79 Å². The van der Waals surface area contributed by atoms with Crippen LogP contribution in [0, 0.1) is 13.8 Å². The van der Waals surface area contributed by atoms with Crippen LogP contribution in [0.4, 0.5) is 0 Å². The highest BCUT2D eigenvalue weighted by Gasteiger charge is 2.06. The van der Waals surface area contributed by atoms with Gasteiger partial charge in [-0.15, -0.1) is 0 Å². The van der Waals surface area contributed by atoms with Crippen molar-refractivity contribution in [2.75, 3.05) is 20.6 Å². The van der Waals surface area contributed by atoms with Crippen LogP contribution in [0.3, 0.4) is 0 Å². The third-order valence-corrected chi connectivity index (χ3v) is 2.33. The Bertz CT molecular complexity index is 335. The summed E-state index contributed by atoms with van der Waals surface area (Å²) in [7, 11) is 3.96. The van der Waals surface area contributed by atoms with Gasteiger partial charge in [0.15, 0.2) is 5.78 Å². The van der Waals surface area contributed by atoms with Gasteiger partial charge in [0.1, 0.15) is 0 Å². The van der Waals surface area contributed by atoms with Gasteiger partial charge in [0.2, 0.25) is 0 Å². The van der Waals surface area contributed by atoms with Crippen LogP contribution in [0.15, 0.2) is 18.2 Å². The van der Waals surface area contributed by atoms with Crippen molar-refractivity contribution in [3.8, 4) is 0 Å². The Hall–Kier alpha value is -1.15. The Morgan fingerprint density at radius 3 is 2.13 bits per heavy atom. The molecule has 0 heterocycles. The van der Waals surface area contributed by atoms with E-state index < -0.39 is 0 Å². The molecule has 0 atom stereocenters. The van der Waals surface area contributed by atoms with Gasteiger partial charge >= 0.3 is 0 Å². The van der Waals surface area contributed by atoms with E-state index in [0.29, 0.717) is 6.42 Å². The van der Waals surface area contributed by atoms with Gasteiger partial charge in [-0.25, -0.2) is 0 Å². The number of aryl methyl sites for hydroxylation is 2. The molecule has 2 heteroatoms. The first-order chi connectivity index (χ1) is 6.99. The van der Waals surface area contributed by atoms with Crippen LogP contribution in [0.5, 0.6) is 0 Å². The number of ketones is 1. The number of nitrogens with zero attached hydrogens (tertiary/aromatic N) is 1. The molecule has 0 aliphatic carbocycles. The van der Waals surface area contributed by atoms with Crippen molar-refractivity contribution in [1.82, 2.24) is 4.90 Å². The maximum atomic E-state index is 11.8. The Kier molecular flexibility index (Phi) is 4.04. The molecular formula is C13H19NO. The first-order valence-corrected chi connectivity index (χ1v) is 5.25. The fourth-order valence-electron chi connectivity index (χ4n) is 1.61. The molecule has 0 N–H and O–H groups in total. The summed E-state index contributed by atoms with van der Waals surface area (Å²) >= 11 is 0. The molecule has 0 aliphatic heterocycles. The van der Waals surface area contributed by atoms with E-state index in [-0.39, 0.29) is 5.78 Å². The van der Waals surface area contributed by atoms with E-state index in [1.54, 1.807) is 0 Å². The predicted octanol–water partition coefficient (Wildman–Crippen LogP) is 2.44. The lowest BCUT2D eigenvalue weighted by atomic mass is 10.0. The molecule has 0 saturated heterocycles. The van der Waals surface area contributed by atoms with Gasteiger partial charge in [0.25, 0.3) is 0 Å². The van der Waals surface area contributed by atoms with E-state index >= 15 is 0 Å². The minimum atomic E-state index is 0.232. The van der Waals surface area contributed by atoms with Crippen molar-refractivity contribution in [3.63, 3.8) is 0 Å². The second-order valence-corrected chi connectivity index (χ2v) is 4.35. The molecule has 0 spiro atoms. The Morgan fingerprint density at radius 1 is 1.13 bits per heavy atom. The summed E-state index contributed by atoms with van der Waals surface area (Å²) in [5, 5.41) is 0. The Morgan fingerprint density at radius 2 is 1.67 bits per heavy atom. The first kappa shape index (κ1) is 11.9. The summed E-state index contributed by atoms with van der Waals surface area (Å²) < 4.78 is 0. The first-order valence-electron chi connectivity index (χ1n) is 5.25. The summed E-state index contributed by atoms with van der Waals surface area (Å²) in [4.78, 5) is 13.9. The maximum absolute atomic E-state index is 11.8. The molecule has 0 bridgehead atoms. The monoisotopic (exact) mass is 205 g/mol. The summed E-state index contributed by atoms with van der Waals surface area (Å²) in [6.07, 6.45) is 0.593. The molecule has 0 radical (unpaired) electrons. The van der Waals surface area contributed by atoms with Crippen LogP contribution in [0.2, 0.25) is 0 Å². The third kappa shape index (κ3) is 3.84. The molecule has 1 aromatic rings. The van der Waals surface area contributed by atoms with Crippen LogP contribution < -0.4 is 0 Å². The van der Waals surface area contributed by atoms with E-state index in [0.717, 1.165) is 23.2 Å². The predicted molar refractivity (Wildman–Crippen MR) is 63.4 cm³/mol. The molecule has 2 nitrogen and oxygen atoms in total. The minimum Gasteiger partial charge on any atom is -0.309 e. The second-order valence-electron chi connectivity index (χ2n) is 4.35. The number of hydrogen-bond donors (Lipinski definition) is 0. The molecular weight excluding hydrogens is 186 g/mol. The summed E-state index contributed by atoms with van der Waals surface area (Å²) in [5.74, 6) is 0.232. The van der Waals surface area contributed by atoms with Gasteiger partial charge in [-0.05, 0) is 40.1 Å². The zero-order chi connectivity index (χ0) is 11.4. The topological polar surface area (TPSA) is 20.3 Å². The van der Waals surface area contributed by atoms with E-state index in [1.807, 2.05) is 45.0 Å². The lowest BCUT2D eigenvalue weighted by molar-refractivity contribution is 0.0972. The van der Waals surface area contributed by atoms with Gasteiger partial charge in [-0.1, -0.05) is 17.2 Å². The van der Waals surface area contributed by atoms with Crippen molar-refractivity contribution >= 4 is 5.78 Å². The van der Waals surface area contributed by atoms with Crippen LogP contribution in [-0.2, 0) is 0 Å². The maximum Gasteiger partial charge on any atom is 0.164 e. The molecule has 0 unspecified atom stereocenters. The van der Waals surface area contributed by atoms with Gasteiger partial charge in [0, 0.05) is 18.5 Å². The smallest absolute Gasteiger partial charge is 0.164 e. The summed E-state index contributed by atoms with van der Waals surface area (Å²) in [6, 6.07) is 6.01. The number of benzene rings is 1. The summed E-state index contributed by atoms with van der Waals surface area (Å²) in [5.41, 5.74) is 3.15. The molecule has 1 aromatic carbocycles. The van der Waals surface area contributed by atoms with E-state index in [9.17, 15) is 4.79 Å². The normalized spacial score (nSPS) is 10.7. The van der Waals surface area contributed by atoms with Crippen molar-refractivity contribution in [2.45, 2.75) is 20.3 Å². The zero-order valence-electron chi connectivity index (χ0n) is 10.0. The van der Waals surface area contributed by atoms with Gasteiger partial charge in [0.05, 0.1) is 0 Å². The SMILES string of the molecule is Cc1cc(C)cc(C(=O)CCN(C)C)c1. The molecule has 0 aliphatic rings. The molecule has 82 valence electrons. The minimum absolute atomic E-state index is 0.232. The largest absolute Gasteiger partial charge is 0.309 e. The van der Waals surface area contributed by atoms with E-state index in [1.165, 1.54) is 0 Å². The van der Waals surface area contributed by atoms with Crippen molar-refractivity contribution in [3.05, 3.63) is 34.9 Å². The lowest BCUT2D eigenvalue weighted by Gasteiger charge is -2.09. The van der Waals surface area contributed by atoms with Crippen LogP contribution >= 0.6 is 0 Å². The van der Waals surface area contributed by atoms with Crippen molar-refractivity contribution in [1.29, 1.82) is 0 Å².